The van der Waals surface area contributed by atoms with E-state index in [0.717, 1.165) is 30.9 Å². The van der Waals surface area contributed by atoms with Gasteiger partial charge in [-0.3, -0.25) is 9.79 Å². The minimum absolute atomic E-state index is 0.0573. The summed E-state index contributed by atoms with van der Waals surface area (Å²) in [6.07, 6.45) is 6.48. The molecule has 4 heteroatoms. The van der Waals surface area contributed by atoms with Gasteiger partial charge < -0.3 is 10.6 Å². The fourth-order valence-electron chi connectivity index (χ4n) is 4.14. The standard InChI is InChI=1S/C24H27N3O/c1-17-10-11-21-16-27(13-12-19(21)14-17)23-9-5-8-20(24(25)28)15-22(26-23)18-6-3-2-4-7-18/h2-7,9-11,14,20,22H,8,12-13,15-16H2,1H3,(H2,25,28)/b9-5+,26-23?. The van der Waals surface area contributed by atoms with Crippen molar-refractivity contribution in [3.05, 3.63) is 82.9 Å². The van der Waals surface area contributed by atoms with E-state index in [0.29, 0.717) is 12.8 Å². The summed E-state index contributed by atoms with van der Waals surface area (Å²) in [7, 11) is 0. The van der Waals surface area contributed by atoms with Gasteiger partial charge in [0.25, 0.3) is 0 Å². The topological polar surface area (TPSA) is 58.7 Å². The molecule has 2 aliphatic heterocycles. The minimum atomic E-state index is -0.244. The number of hydrogen-bond acceptors (Lipinski definition) is 3. The van der Waals surface area contributed by atoms with Crippen molar-refractivity contribution in [2.75, 3.05) is 6.54 Å². The monoisotopic (exact) mass is 373 g/mol. The largest absolute Gasteiger partial charge is 0.369 e. The van der Waals surface area contributed by atoms with Crippen LogP contribution in [-0.2, 0) is 17.8 Å². The highest BCUT2D eigenvalue weighted by atomic mass is 16.1. The summed E-state index contributed by atoms with van der Waals surface area (Å²) in [5.41, 5.74) is 10.9. The molecule has 0 aliphatic carbocycles. The summed E-state index contributed by atoms with van der Waals surface area (Å²) >= 11 is 0. The van der Waals surface area contributed by atoms with Gasteiger partial charge in [0.15, 0.2) is 0 Å². The van der Waals surface area contributed by atoms with Gasteiger partial charge in [0, 0.05) is 19.0 Å². The average molecular weight is 374 g/mol. The van der Waals surface area contributed by atoms with Gasteiger partial charge in [-0.1, -0.05) is 60.2 Å². The predicted molar refractivity (Wildman–Crippen MR) is 113 cm³/mol. The summed E-state index contributed by atoms with van der Waals surface area (Å²) < 4.78 is 0. The highest BCUT2D eigenvalue weighted by Gasteiger charge is 2.25. The van der Waals surface area contributed by atoms with Crippen LogP contribution in [-0.4, -0.2) is 23.2 Å². The van der Waals surface area contributed by atoms with E-state index in [1.54, 1.807) is 0 Å². The number of nitrogens with zero attached hydrogens (tertiary/aromatic N) is 2. The Kier molecular flexibility index (Phi) is 5.29. The SMILES string of the molecule is Cc1ccc2c(c1)CCN(C1=NC(c3ccccc3)CC(C(N)=O)C/C=C/1)C2. The number of amidine groups is 1. The molecule has 4 nitrogen and oxygen atoms in total. The van der Waals surface area contributed by atoms with Crippen LogP contribution in [0.15, 0.2) is 65.7 Å². The summed E-state index contributed by atoms with van der Waals surface area (Å²) in [5, 5.41) is 0. The molecule has 2 heterocycles. The molecule has 0 fully saturated rings. The molecule has 4 rings (SSSR count). The number of hydrogen-bond donors (Lipinski definition) is 1. The summed E-state index contributed by atoms with van der Waals surface area (Å²) in [4.78, 5) is 19.3. The van der Waals surface area contributed by atoms with Crippen LogP contribution in [0.3, 0.4) is 0 Å². The quantitative estimate of drug-likeness (QED) is 0.867. The van der Waals surface area contributed by atoms with Crippen molar-refractivity contribution in [1.82, 2.24) is 4.90 Å². The fourth-order valence-corrected chi connectivity index (χ4v) is 4.14. The number of carbonyl (C=O) groups excluding carboxylic acids is 1. The number of nitrogens with two attached hydrogens (primary N) is 1. The zero-order valence-electron chi connectivity index (χ0n) is 16.3. The fraction of sp³-hybridized carbons (Fsp3) is 0.333. The first kappa shape index (κ1) is 18.5. The Balaban J connectivity index is 1.64. The van der Waals surface area contributed by atoms with Crippen molar-refractivity contribution in [2.24, 2.45) is 16.6 Å². The first-order chi connectivity index (χ1) is 13.6. The maximum atomic E-state index is 11.9. The number of primary amides is 1. The number of aliphatic imine (C=N–C) groups is 1. The zero-order chi connectivity index (χ0) is 19.5. The third-order valence-corrected chi connectivity index (χ3v) is 5.77. The van der Waals surface area contributed by atoms with E-state index in [-0.39, 0.29) is 17.9 Å². The van der Waals surface area contributed by atoms with E-state index in [1.165, 1.54) is 16.7 Å². The van der Waals surface area contributed by atoms with E-state index in [2.05, 4.69) is 54.3 Å². The van der Waals surface area contributed by atoms with Gasteiger partial charge in [0.1, 0.15) is 5.84 Å². The molecule has 2 unspecified atom stereocenters. The lowest BCUT2D eigenvalue weighted by atomic mass is 9.91. The van der Waals surface area contributed by atoms with Gasteiger partial charge in [-0.15, -0.1) is 0 Å². The van der Waals surface area contributed by atoms with Crippen LogP contribution in [0.25, 0.3) is 0 Å². The molecular weight excluding hydrogens is 346 g/mol. The number of benzene rings is 2. The van der Waals surface area contributed by atoms with Gasteiger partial charge in [-0.05, 0) is 49.0 Å². The number of rotatable bonds is 2. The Labute approximate surface area is 166 Å². The molecule has 144 valence electrons. The maximum absolute atomic E-state index is 11.9. The maximum Gasteiger partial charge on any atom is 0.220 e. The van der Waals surface area contributed by atoms with E-state index in [9.17, 15) is 4.79 Å². The molecule has 0 aromatic heterocycles. The van der Waals surface area contributed by atoms with E-state index >= 15 is 0 Å². The van der Waals surface area contributed by atoms with Crippen molar-refractivity contribution < 1.29 is 4.79 Å². The number of aryl methyl sites for hydroxylation is 1. The molecule has 0 bridgehead atoms. The zero-order valence-corrected chi connectivity index (χ0v) is 16.3. The number of allylic oxidation sites excluding steroid dienone is 1. The van der Waals surface area contributed by atoms with Crippen LogP contribution in [0.1, 0.15) is 41.1 Å². The Hall–Kier alpha value is -2.88. The molecule has 2 aromatic carbocycles. The van der Waals surface area contributed by atoms with Crippen molar-refractivity contribution >= 4 is 11.7 Å². The van der Waals surface area contributed by atoms with Gasteiger partial charge in [-0.2, -0.15) is 0 Å². The molecule has 0 saturated carbocycles. The Morgan fingerprint density at radius 1 is 1.14 bits per heavy atom. The first-order valence-electron chi connectivity index (χ1n) is 10.0. The highest BCUT2D eigenvalue weighted by molar-refractivity contribution is 5.93. The highest BCUT2D eigenvalue weighted by Crippen LogP contribution is 2.30. The van der Waals surface area contributed by atoms with Crippen LogP contribution < -0.4 is 5.73 Å². The molecule has 2 N–H and O–H groups in total. The second-order valence-electron chi connectivity index (χ2n) is 7.83. The third-order valence-electron chi connectivity index (χ3n) is 5.77. The number of fused-ring (bicyclic) bond motifs is 1. The molecule has 0 radical (unpaired) electrons. The molecular formula is C24H27N3O. The van der Waals surface area contributed by atoms with Crippen molar-refractivity contribution in [3.8, 4) is 0 Å². The Morgan fingerprint density at radius 3 is 2.75 bits per heavy atom. The van der Waals surface area contributed by atoms with Crippen LogP contribution >= 0.6 is 0 Å². The lowest BCUT2D eigenvalue weighted by molar-refractivity contribution is -0.122. The normalized spacial score (nSPS) is 23.2. The van der Waals surface area contributed by atoms with Gasteiger partial charge in [-0.25, -0.2) is 0 Å². The molecule has 28 heavy (non-hydrogen) atoms. The summed E-state index contributed by atoms with van der Waals surface area (Å²) in [5.74, 6) is 0.575. The van der Waals surface area contributed by atoms with E-state index in [1.807, 2.05) is 18.2 Å². The van der Waals surface area contributed by atoms with Crippen molar-refractivity contribution in [3.63, 3.8) is 0 Å². The molecule has 0 saturated heterocycles. The molecule has 1 amide bonds. The van der Waals surface area contributed by atoms with Crippen LogP contribution in [0.2, 0.25) is 0 Å². The average Bonchev–Trinajstić information content (AvgIpc) is 2.68. The first-order valence-corrected chi connectivity index (χ1v) is 10.0. The van der Waals surface area contributed by atoms with Gasteiger partial charge >= 0.3 is 0 Å². The van der Waals surface area contributed by atoms with Crippen molar-refractivity contribution in [1.29, 1.82) is 0 Å². The minimum Gasteiger partial charge on any atom is -0.369 e. The van der Waals surface area contributed by atoms with Crippen LogP contribution in [0, 0.1) is 12.8 Å². The second kappa shape index (κ2) is 8.01. The molecule has 2 aliphatic rings. The van der Waals surface area contributed by atoms with E-state index in [4.69, 9.17) is 10.7 Å². The van der Waals surface area contributed by atoms with Crippen molar-refractivity contribution in [2.45, 2.75) is 38.8 Å². The molecule has 0 spiro atoms. The number of amides is 1. The molecule has 2 atom stereocenters. The van der Waals surface area contributed by atoms with Crippen LogP contribution in [0.5, 0.6) is 0 Å². The van der Waals surface area contributed by atoms with Crippen LogP contribution in [0.4, 0.5) is 0 Å². The lowest BCUT2D eigenvalue weighted by Crippen LogP contribution is -2.36. The van der Waals surface area contributed by atoms with Gasteiger partial charge in [0.05, 0.1) is 6.04 Å². The summed E-state index contributed by atoms with van der Waals surface area (Å²) in [6.45, 7) is 3.98. The van der Waals surface area contributed by atoms with Gasteiger partial charge in [0.2, 0.25) is 5.91 Å². The second-order valence-corrected chi connectivity index (χ2v) is 7.83. The smallest absolute Gasteiger partial charge is 0.220 e. The Bertz CT molecular complexity index is 917. The lowest BCUT2D eigenvalue weighted by Gasteiger charge is -2.32. The summed E-state index contributed by atoms with van der Waals surface area (Å²) in [6, 6.07) is 16.9. The molecule has 2 aromatic rings. The third kappa shape index (κ3) is 4.01. The Morgan fingerprint density at radius 2 is 1.96 bits per heavy atom. The van der Waals surface area contributed by atoms with E-state index < -0.39 is 0 Å². The number of carbonyl (C=O) groups is 1. The predicted octanol–water partition coefficient (Wildman–Crippen LogP) is 3.94.